The fourth-order valence-corrected chi connectivity index (χ4v) is 7.81. The molecule has 1 atom stereocenters. The fourth-order valence-electron chi connectivity index (χ4n) is 7.81. The van der Waals surface area contributed by atoms with Crippen LogP contribution in [0.1, 0.15) is 95.0 Å². The quantitative estimate of drug-likeness (QED) is 0.0874. The Morgan fingerprint density at radius 3 is 2.23 bits per heavy atom. The number of dihydropyridines is 1. The zero-order chi connectivity index (χ0) is 40.8. The Kier molecular flexibility index (Phi) is 10.8. The largest absolute Gasteiger partial charge is 0.462 e. The number of rotatable bonds is 10. The van der Waals surface area contributed by atoms with E-state index < -0.39 is 29.4 Å². The van der Waals surface area contributed by atoms with Crippen molar-refractivity contribution in [2.75, 3.05) is 13.2 Å². The van der Waals surface area contributed by atoms with Gasteiger partial charge in [-0.05, 0) is 67.5 Å². The Balaban J connectivity index is 1.27. The summed E-state index contributed by atoms with van der Waals surface area (Å²) in [5.41, 5.74) is 5.42. The maximum atomic E-state index is 14.0. The van der Waals surface area contributed by atoms with Crippen molar-refractivity contribution in [3.8, 4) is 11.4 Å². The second kappa shape index (κ2) is 15.6. The first-order valence-electron chi connectivity index (χ1n) is 19.4. The molecule has 7 rings (SSSR count). The SMILES string of the molecule is CCC1(O)CC(=O)OCc2c1cc1n(c2=O)Cc2c-1nc1ccccc1c2C=Nc1ccc(C2C(C(=O)OCC(C)C)=C(C)NC(C)=C2C(=O)OCC(C)C)cc1. The molecule has 0 saturated carbocycles. The summed E-state index contributed by atoms with van der Waals surface area (Å²) >= 11 is 0. The van der Waals surface area contributed by atoms with E-state index in [1.54, 1.807) is 37.6 Å². The van der Waals surface area contributed by atoms with Gasteiger partial charge in [-0.3, -0.25) is 14.6 Å². The molecule has 4 aromatic rings. The van der Waals surface area contributed by atoms with E-state index in [1.165, 1.54) is 0 Å². The van der Waals surface area contributed by atoms with Crippen molar-refractivity contribution >= 4 is 40.7 Å². The summed E-state index contributed by atoms with van der Waals surface area (Å²) < 4.78 is 18.4. The van der Waals surface area contributed by atoms with Gasteiger partial charge < -0.3 is 29.2 Å². The molecular weight excluding hydrogens is 725 g/mol. The van der Waals surface area contributed by atoms with Crippen LogP contribution in [0.5, 0.6) is 0 Å². The molecule has 2 aromatic carbocycles. The summed E-state index contributed by atoms with van der Waals surface area (Å²) in [4.78, 5) is 63.6. The number of ether oxygens (including phenoxy) is 3. The highest BCUT2D eigenvalue weighted by Crippen LogP contribution is 2.42. The first-order chi connectivity index (χ1) is 27.2. The predicted octanol–water partition coefficient (Wildman–Crippen LogP) is 6.85. The number of nitrogens with zero attached hydrogens (tertiary/aromatic N) is 3. The molecule has 0 fully saturated rings. The van der Waals surface area contributed by atoms with Crippen LogP contribution in [0.3, 0.4) is 0 Å². The first kappa shape index (κ1) is 39.4. The van der Waals surface area contributed by atoms with Gasteiger partial charge in [-0.15, -0.1) is 0 Å². The second-order valence-electron chi connectivity index (χ2n) is 15.9. The Morgan fingerprint density at radius 2 is 1.61 bits per heavy atom. The van der Waals surface area contributed by atoms with E-state index in [0.29, 0.717) is 56.3 Å². The number of aliphatic hydroxyl groups is 1. The molecule has 0 spiro atoms. The number of carbonyl (C=O) groups excluding carboxylic acids is 3. The summed E-state index contributed by atoms with van der Waals surface area (Å²) in [5.74, 6) is -2.05. The number of cyclic esters (lactones) is 1. The van der Waals surface area contributed by atoms with Crippen LogP contribution in [0.25, 0.3) is 22.3 Å². The normalized spacial score (nSPS) is 18.1. The van der Waals surface area contributed by atoms with Gasteiger partial charge in [0.2, 0.25) is 0 Å². The van der Waals surface area contributed by atoms with Gasteiger partial charge in [0, 0.05) is 34.1 Å². The Bertz CT molecular complexity index is 2410. The molecule has 0 radical (unpaired) electrons. The third-order valence-corrected chi connectivity index (χ3v) is 10.8. The Morgan fingerprint density at radius 1 is 0.982 bits per heavy atom. The molecule has 12 nitrogen and oxygen atoms in total. The van der Waals surface area contributed by atoms with Crippen molar-refractivity contribution in [3.05, 3.63) is 115 Å². The lowest BCUT2D eigenvalue weighted by atomic mass is 9.80. The molecule has 3 aliphatic heterocycles. The molecule has 3 aliphatic rings. The summed E-state index contributed by atoms with van der Waals surface area (Å²) in [6.45, 7) is 13.7. The van der Waals surface area contributed by atoms with Crippen molar-refractivity contribution < 1.29 is 33.7 Å². The Labute approximate surface area is 331 Å². The molecule has 12 heteroatoms. The molecule has 296 valence electrons. The molecule has 0 saturated heterocycles. The summed E-state index contributed by atoms with van der Waals surface area (Å²) in [7, 11) is 0. The van der Waals surface area contributed by atoms with Crippen molar-refractivity contribution in [2.45, 2.75) is 86.0 Å². The zero-order valence-electron chi connectivity index (χ0n) is 33.4. The molecule has 2 N–H and O–H groups in total. The number of para-hydroxylation sites is 1. The number of allylic oxidation sites excluding steroid dienone is 2. The molecule has 5 heterocycles. The zero-order valence-corrected chi connectivity index (χ0v) is 33.4. The lowest BCUT2D eigenvalue weighted by Crippen LogP contribution is -2.33. The van der Waals surface area contributed by atoms with Crippen LogP contribution in [-0.4, -0.2) is 52.0 Å². The van der Waals surface area contributed by atoms with Gasteiger partial charge in [0.15, 0.2) is 0 Å². The number of hydrogen-bond acceptors (Lipinski definition) is 11. The molecule has 0 aliphatic carbocycles. The highest BCUT2D eigenvalue weighted by atomic mass is 16.5. The number of hydrogen-bond donors (Lipinski definition) is 2. The number of benzene rings is 2. The average Bonchev–Trinajstić information content (AvgIpc) is 3.49. The van der Waals surface area contributed by atoms with Gasteiger partial charge in [0.25, 0.3) is 5.56 Å². The molecule has 57 heavy (non-hydrogen) atoms. The lowest BCUT2D eigenvalue weighted by Gasteiger charge is -2.31. The molecule has 0 bridgehead atoms. The van der Waals surface area contributed by atoms with Gasteiger partial charge in [0.05, 0.1) is 71.4 Å². The van der Waals surface area contributed by atoms with Crippen molar-refractivity contribution in [2.24, 2.45) is 16.8 Å². The predicted molar refractivity (Wildman–Crippen MR) is 216 cm³/mol. The fraction of sp³-hybridized carbons (Fsp3) is 0.378. The van der Waals surface area contributed by atoms with Crippen LogP contribution >= 0.6 is 0 Å². The molecule has 1 unspecified atom stereocenters. The van der Waals surface area contributed by atoms with Crippen molar-refractivity contribution in [1.82, 2.24) is 14.9 Å². The van der Waals surface area contributed by atoms with E-state index in [4.69, 9.17) is 24.2 Å². The van der Waals surface area contributed by atoms with Crippen LogP contribution in [0.4, 0.5) is 5.69 Å². The maximum Gasteiger partial charge on any atom is 0.336 e. The van der Waals surface area contributed by atoms with Crippen molar-refractivity contribution in [3.63, 3.8) is 0 Å². The van der Waals surface area contributed by atoms with Crippen LogP contribution in [-0.2, 0) is 47.3 Å². The number of esters is 3. The van der Waals surface area contributed by atoms with Crippen LogP contribution < -0.4 is 10.9 Å². The third-order valence-electron chi connectivity index (χ3n) is 10.8. The standard InChI is InChI=1S/C45H48N4O8/c1-8-45(54)18-37(50)55-23-33-34(45)17-36-41-32(20-49(36)42(33)51)31(30-11-9-10-12-35(30)48-41)19-46-29-15-13-28(14-16-29)40-38(43(52)56-21-24(2)3)26(6)47-27(7)39(40)44(53)57-22-25(4)5/h9-17,19,24-25,40,47,54H,8,18,20-23H2,1-7H3. The van der Waals surface area contributed by atoms with Gasteiger partial charge in [0.1, 0.15) is 12.2 Å². The highest BCUT2D eigenvalue weighted by Gasteiger charge is 2.40. The van der Waals surface area contributed by atoms with Gasteiger partial charge in [-0.25, -0.2) is 14.6 Å². The average molecular weight is 773 g/mol. The molecule has 2 aromatic heterocycles. The van der Waals surface area contributed by atoms with Gasteiger partial charge in [-0.1, -0.05) is 65.0 Å². The summed E-state index contributed by atoms with van der Waals surface area (Å²) in [5, 5.41) is 15.6. The number of carbonyl (C=O) groups is 3. The minimum absolute atomic E-state index is 0.126. The van der Waals surface area contributed by atoms with E-state index in [0.717, 1.165) is 16.5 Å². The number of pyridine rings is 2. The van der Waals surface area contributed by atoms with E-state index in [9.17, 15) is 24.3 Å². The highest BCUT2D eigenvalue weighted by molar-refractivity contribution is 6.03. The smallest absolute Gasteiger partial charge is 0.336 e. The monoisotopic (exact) mass is 772 g/mol. The first-order valence-corrected chi connectivity index (χ1v) is 19.4. The maximum absolute atomic E-state index is 14.0. The Hall–Kier alpha value is -5.88. The van der Waals surface area contributed by atoms with Crippen LogP contribution in [0.2, 0.25) is 0 Å². The summed E-state index contributed by atoms with van der Waals surface area (Å²) in [6.07, 6.45) is 1.75. The molecule has 0 amide bonds. The van der Waals surface area contributed by atoms with E-state index in [-0.39, 0.29) is 62.2 Å². The van der Waals surface area contributed by atoms with Crippen LogP contribution in [0.15, 0.2) is 86.9 Å². The van der Waals surface area contributed by atoms with E-state index in [2.05, 4.69) is 5.32 Å². The third kappa shape index (κ3) is 7.41. The summed E-state index contributed by atoms with van der Waals surface area (Å²) in [6, 6.07) is 16.8. The van der Waals surface area contributed by atoms with E-state index >= 15 is 0 Å². The van der Waals surface area contributed by atoms with E-state index in [1.807, 2.05) is 76.2 Å². The number of aliphatic imine (C=N–C) groups is 1. The number of aromatic nitrogens is 2. The second-order valence-corrected chi connectivity index (χ2v) is 15.9. The van der Waals surface area contributed by atoms with Gasteiger partial charge >= 0.3 is 17.9 Å². The molecular formula is C45H48N4O8. The minimum atomic E-state index is -1.55. The van der Waals surface area contributed by atoms with Gasteiger partial charge in [-0.2, -0.15) is 0 Å². The van der Waals surface area contributed by atoms with Crippen LogP contribution in [0, 0.1) is 11.8 Å². The minimum Gasteiger partial charge on any atom is -0.462 e. The number of nitrogens with one attached hydrogen (secondary N) is 1. The van der Waals surface area contributed by atoms with Crippen molar-refractivity contribution in [1.29, 1.82) is 0 Å². The topological polar surface area (TPSA) is 158 Å². The lowest BCUT2D eigenvalue weighted by molar-refractivity contribution is -0.149. The number of fused-ring (bicyclic) bond motifs is 5.